The number of benzene rings is 4. The highest BCUT2D eigenvalue weighted by Gasteiger charge is 2.20. The van der Waals surface area contributed by atoms with E-state index in [-0.39, 0.29) is 11.1 Å². The maximum atomic E-state index is 13.6. The molecule has 0 radical (unpaired) electrons. The maximum Gasteiger partial charge on any atom is 0.261 e. The zero-order chi connectivity index (χ0) is 29.9. The number of para-hydroxylation sites is 2. The molecule has 1 saturated heterocycles. The molecule has 0 amide bonds. The topological polar surface area (TPSA) is 76.3 Å². The van der Waals surface area contributed by atoms with Crippen molar-refractivity contribution in [1.82, 2.24) is 28.9 Å². The van der Waals surface area contributed by atoms with Gasteiger partial charge in [-0.2, -0.15) is 0 Å². The molecule has 0 aliphatic carbocycles. The van der Waals surface area contributed by atoms with Crippen molar-refractivity contribution in [1.29, 1.82) is 0 Å². The summed E-state index contributed by atoms with van der Waals surface area (Å²) >= 11 is 0. The van der Waals surface area contributed by atoms with Crippen LogP contribution in [0, 0.1) is 0 Å². The van der Waals surface area contributed by atoms with Crippen LogP contribution in [0.1, 0.15) is 0 Å². The van der Waals surface area contributed by atoms with E-state index in [1.807, 2.05) is 118 Å². The van der Waals surface area contributed by atoms with Crippen LogP contribution in [-0.2, 0) is 13.1 Å². The van der Waals surface area contributed by atoms with Crippen molar-refractivity contribution in [3.05, 3.63) is 130 Å². The van der Waals surface area contributed by atoms with Crippen molar-refractivity contribution in [3.63, 3.8) is 0 Å². The average Bonchev–Trinajstić information content (AvgIpc) is 3.08. The highest BCUT2D eigenvalue weighted by Crippen LogP contribution is 2.20. The lowest BCUT2D eigenvalue weighted by atomic mass is 10.1. The summed E-state index contributed by atoms with van der Waals surface area (Å²) in [6, 6.07) is 35.0. The molecule has 2 aromatic heterocycles. The molecule has 4 aromatic carbocycles. The summed E-state index contributed by atoms with van der Waals surface area (Å²) < 4.78 is 3.66. The smallest absolute Gasteiger partial charge is 0.261 e. The van der Waals surface area contributed by atoms with Gasteiger partial charge in [-0.25, -0.2) is 9.97 Å². The van der Waals surface area contributed by atoms with E-state index in [0.29, 0.717) is 35.5 Å². The molecule has 0 spiro atoms. The predicted octanol–water partition coefficient (Wildman–Crippen LogP) is 4.76. The molecule has 1 fully saturated rings. The first kappa shape index (κ1) is 27.9. The zero-order valence-electron chi connectivity index (χ0n) is 24.5. The Morgan fingerprint density at radius 1 is 0.455 bits per heavy atom. The Labute approximate surface area is 255 Å². The van der Waals surface area contributed by atoms with Crippen LogP contribution in [0.25, 0.3) is 44.6 Å². The molecule has 8 heteroatoms. The molecule has 0 N–H and O–H groups in total. The van der Waals surface area contributed by atoms with Crippen molar-refractivity contribution in [2.24, 2.45) is 0 Å². The second-order valence-electron chi connectivity index (χ2n) is 11.2. The van der Waals surface area contributed by atoms with E-state index < -0.39 is 0 Å². The van der Waals surface area contributed by atoms with Gasteiger partial charge in [0, 0.05) is 63.5 Å². The van der Waals surface area contributed by atoms with E-state index >= 15 is 0 Å². The molecule has 0 atom stereocenters. The Hall–Kier alpha value is -4.92. The summed E-state index contributed by atoms with van der Waals surface area (Å²) in [5.41, 5.74) is 3.31. The first-order chi connectivity index (χ1) is 21.7. The van der Waals surface area contributed by atoms with Crippen molar-refractivity contribution in [2.45, 2.75) is 13.1 Å². The third-order valence-electron chi connectivity index (χ3n) is 8.53. The Morgan fingerprint density at radius 3 is 1.23 bits per heavy atom. The van der Waals surface area contributed by atoms with Gasteiger partial charge in [0.1, 0.15) is 11.6 Å². The van der Waals surface area contributed by atoms with Gasteiger partial charge >= 0.3 is 0 Å². The second-order valence-corrected chi connectivity index (χ2v) is 11.2. The number of hydrogen-bond donors (Lipinski definition) is 0. The van der Waals surface area contributed by atoms with Gasteiger partial charge in [0.05, 0.1) is 21.8 Å². The molecule has 6 aromatic rings. The first-order valence-electron chi connectivity index (χ1n) is 15.2. The maximum absolute atomic E-state index is 13.6. The van der Waals surface area contributed by atoms with E-state index in [9.17, 15) is 9.59 Å². The number of aromatic nitrogens is 4. The Morgan fingerprint density at radius 2 is 0.818 bits per heavy atom. The second kappa shape index (κ2) is 12.4. The van der Waals surface area contributed by atoms with Gasteiger partial charge in [-0.3, -0.25) is 28.5 Å². The minimum Gasteiger partial charge on any atom is -0.299 e. The summed E-state index contributed by atoms with van der Waals surface area (Å²) in [6.45, 7) is 6.25. The molecule has 0 unspecified atom stereocenters. The fourth-order valence-corrected chi connectivity index (χ4v) is 6.09. The minimum atomic E-state index is -0.00301. The summed E-state index contributed by atoms with van der Waals surface area (Å²) in [6.07, 6.45) is 0. The van der Waals surface area contributed by atoms with Gasteiger partial charge in [-0.05, 0) is 24.3 Å². The van der Waals surface area contributed by atoms with Crippen LogP contribution in [0.3, 0.4) is 0 Å². The standard InChI is InChI=1S/C36H34N6O2/c43-35-29-15-7-9-17-31(29)37-33(27-11-3-1-4-12-27)41(35)25-23-39-19-21-40(22-20-39)24-26-42-34(28-13-5-2-6-14-28)38-32-18-10-8-16-30(32)36(42)44/h1-18H,19-26H2. The highest BCUT2D eigenvalue weighted by molar-refractivity contribution is 5.80. The molecular formula is C36H34N6O2. The van der Waals surface area contributed by atoms with Crippen LogP contribution in [0.2, 0.25) is 0 Å². The quantitative estimate of drug-likeness (QED) is 0.258. The molecule has 7 rings (SSSR count). The zero-order valence-corrected chi connectivity index (χ0v) is 24.5. The van der Waals surface area contributed by atoms with Gasteiger partial charge in [-0.1, -0.05) is 84.9 Å². The highest BCUT2D eigenvalue weighted by atomic mass is 16.1. The van der Waals surface area contributed by atoms with Crippen LogP contribution in [0.5, 0.6) is 0 Å². The van der Waals surface area contributed by atoms with E-state index in [1.165, 1.54) is 0 Å². The molecule has 44 heavy (non-hydrogen) atoms. The number of piperazine rings is 1. The van der Waals surface area contributed by atoms with E-state index in [1.54, 1.807) is 0 Å². The number of fused-ring (bicyclic) bond motifs is 2. The van der Waals surface area contributed by atoms with Gasteiger partial charge in [-0.15, -0.1) is 0 Å². The first-order valence-corrected chi connectivity index (χ1v) is 15.2. The lowest BCUT2D eigenvalue weighted by molar-refractivity contribution is 0.126. The summed E-state index contributed by atoms with van der Waals surface area (Å²) in [5, 5.41) is 1.29. The van der Waals surface area contributed by atoms with Gasteiger partial charge in [0.15, 0.2) is 0 Å². The van der Waals surface area contributed by atoms with Crippen LogP contribution < -0.4 is 11.1 Å². The van der Waals surface area contributed by atoms with E-state index in [2.05, 4.69) is 9.80 Å². The van der Waals surface area contributed by atoms with Crippen molar-refractivity contribution < 1.29 is 0 Å². The predicted molar refractivity (Wildman–Crippen MR) is 176 cm³/mol. The normalized spacial score (nSPS) is 14.4. The summed E-state index contributed by atoms with van der Waals surface area (Å²) in [7, 11) is 0. The molecular weight excluding hydrogens is 548 g/mol. The Balaban J connectivity index is 1.04. The fraction of sp³-hybridized carbons (Fsp3) is 0.222. The van der Waals surface area contributed by atoms with Crippen LogP contribution in [-0.4, -0.2) is 68.2 Å². The largest absolute Gasteiger partial charge is 0.299 e. The number of rotatable bonds is 8. The molecule has 3 heterocycles. The van der Waals surface area contributed by atoms with E-state index in [0.717, 1.165) is 61.4 Å². The average molecular weight is 583 g/mol. The molecule has 0 bridgehead atoms. The Kier molecular flexibility index (Phi) is 7.83. The monoisotopic (exact) mass is 582 g/mol. The molecule has 1 aliphatic heterocycles. The molecule has 1 aliphatic rings. The molecule has 0 saturated carbocycles. The number of hydrogen-bond acceptors (Lipinski definition) is 6. The Bertz CT molecular complexity index is 1880. The SMILES string of the molecule is O=c1c2ccccc2nc(-c2ccccc2)n1CCN1CCN(CCn2c(-c3ccccc3)nc3ccccc3c2=O)CC1. The summed E-state index contributed by atoms with van der Waals surface area (Å²) in [5.74, 6) is 1.41. The van der Waals surface area contributed by atoms with Crippen LogP contribution in [0.15, 0.2) is 119 Å². The van der Waals surface area contributed by atoms with E-state index in [4.69, 9.17) is 9.97 Å². The minimum absolute atomic E-state index is 0.00301. The van der Waals surface area contributed by atoms with Crippen LogP contribution >= 0.6 is 0 Å². The third kappa shape index (κ3) is 5.57. The lowest BCUT2D eigenvalue weighted by Gasteiger charge is -2.35. The fourth-order valence-electron chi connectivity index (χ4n) is 6.09. The molecule has 220 valence electrons. The molecule has 8 nitrogen and oxygen atoms in total. The van der Waals surface area contributed by atoms with Crippen molar-refractivity contribution in [2.75, 3.05) is 39.3 Å². The third-order valence-corrected chi connectivity index (χ3v) is 8.53. The summed E-state index contributed by atoms with van der Waals surface area (Å²) in [4.78, 5) is 41.7. The van der Waals surface area contributed by atoms with Gasteiger partial charge in [0.2, 0.25) is 0 Å². The number of nitrogens with zero attached hydrogens (tertiary/aromatic N) is 6. The van der Waals surface area contributed by atoms with Crippen molar-refractivity contribution in [3.8, 4) is 22.8 Å². The van der Waals surface area contributed by atoms with Gasteiger partial charge < -0.3 is 0 Å². The lowest BCUT2D eigenvalue weighted by Crippen LogP contribution is -2.48. The van der Waals surface area contributed by atoms with Crippen LogP contribution in [0.4, 0.5) is 0 Å². The van der Waals surface area contributed by atoms with Gasteiger partial charge in [0.25, 0.3) is 11.1 Å². The van der Waals surface area contributed by atoms with Crippen molar-refractivity contribution >= 4 is 21.8 Å².